The third kappa shape index (κ3) is 4.01. The molecule has 4 N–H and O–H groups in total. The summed E-state index contributed by atoms with van der Waals surface area (Å²) >= 11 is 0. The summed E-state index contributed by atoms with van der Waals surface area (Å²) < 4.78 is 11.2. The Bertz CT molecular complexity index is 1270. The van der Waals surface area contributed by atoms with Crippen LogP contribution in [0.1, 0.15) is 33.9 Å². The monoisotopic (exact) mass is 429 g/mol. The molecule has 1 unspecified atom stereocenters. The number of benzene rings is 2. The maximum absolute atomic E-state index is 12.4. The lowest BCUT2D eigenvalue weighted by Crippen LogP contribution is -2.22. The highest BCUT2D eigenvalue weighted by Gasteiger charge is 2.34. The Balaban J connectivity index is 1.53. The first-order chi connectivity index (χ1) is 15.4. The summed E-state index contributed by atoms with van der Waals surface area (Å²) in [6.45, 7) is 5.65. The Kier molecular flexibility index (Phi) is 5.56. The molecule has 0 spiro atoms. The number of aryl methyl sites for hydroxylation is 3. The standard InChI is InChI=1S/C24H23N5O3/c1-13-7-8-19(14(2)9-13)27-20(30)12-31-17-6-4-5-16(10-17)22-18(11-25)23(26)32-24-21(22)15(3)28-29-24/h4-10,22H,12,26H2,1-3H3,(H,27,30)(H,28,29). The molecule has 4 rings (SSSR count). The van der Waals surface area contributed by atoms with Crippen molar-refractivity contribution in [1.29, 1.82) is 5.26 Å². The van der Waals surface area contributed by atoms with Crippen LogP contribution in [-0.4, -0.2) is 22.7 Å². The molecule has 0 fully saturated rings. The zero-order valence-electron chi connectivity index (χ0n) is 18.0. The molecular weight excluding hydrogens is 406 g/mol. The summed E-state index contributed by atoms with van der Waals surface area (Å²) in [5.74, 6) is 0.167. The van der Waals surface area contributed by atoms with Gasteiger partial charge in [0.15, 0.2) is 6.61 Å². The van der Waals surface area contributed by atoms with Crippen molar-refractivity contribution < 1.29 is 14.3 Å². The molecule has 8 heteroatoms. The van der Waals surface area contributed by atoms with E-state index in [2.05, 4.69) is 21.6 Å². The van der Waals surface area contributed by atoms with E-state index >= 15 is 0 Å². The number of hydrogen-bond acceptors (Lipinski definition) is 6. The molecule has 1 aromatic heterocycles. The zero-order valence-corrected chi connectivity index (χ0v) is 18.0. The van der Waals surface area contributed by atoms with Crippen LogP contribution in [0.5, 0.6) is 11.6 Å². The van der Waals surface area contributed by atoms with Crippen molar-refractivity contribution in [2.75, 3.05) is 11.9 Å². The van der Waals surface area contributed by atoms with E-state index in [-0.39, 0.29) is 18.4 Å². The molecule has 0 saturated heterocycles. The van der Waals surface area contributed by atoms with E-state index in [1.165, 1.54) is 0 Å². The van der Waals surface area contributed by atoms with E-state index in [4.69, 9.17) is 15.2 Å². The van der Waals surface area contributed by atoms with Crippen LogP contribution in [0.2, 0.25) is 0 Å². The van der Waals surface area contributed by atoms with Gasteiger partial charge in [0.25, 0.3) is 5.91 Å². The molecule has 32 heavy (non-hydrogen) atoms. The summed E-state index contributed by atoms with van der Waals surface area (Å²) in [7, 11) is 0. The number of aromatic nitrogens is 2. The molecule has 1 aliphatic rings. The third-order valence-electron chi connectivity index (χ3n) is 5.35. The molecule has 1 atom stereocenters. The van der Waals surface area contributed by atoms with Crippen molar-refractivity contribution in [1.82, 2.24) is 10.2 Å². The number of allylic oxidation sites excluding steroid dienone is 1. The highest BCUT2D eigenvalue weighted by Crippen LogP contribution is 2.43. The minimum Gasteiger partial charge on any atom is -0.484 e. The lowest BCUT2D eigenvalue weighted by atomic mass is 9.84. The van der Waals surface area contributed by atoms with Gasteiger partial charge >= 0.3 is 0 Å². The predicted octanol–water partition coefficient (Wildman–Crippen LogP) is 3.57. The number of H-pyrrole nitrogens is 1. The number of amides is 1. The van der Waals surface area contributed by atoms with E-state index in [0.29, 0.717) is 17.2 Å². The maximum Gasteiger partial charge on any atom is 0.262 e. The second-order valence-corrected chi connectivity index (χ2v) is 7.72. The fourth-order valence-corrected chi connectivity index (χ4v) is 3.80. The molecule has 162 valence electrons. The average Bonchev–Trinajstić information content (AvgIpc) is 3.13. The summed E-state index contributed by atoms with van der Waals surface area (Å²) in [4.78, 5) is 12.4. The molecule has 2 aromatic carbocycles. The second kappa shape index (κ2) is 8.47. The number of carbonyl (C=O) groups is 1. The number of rotatable bonds is 5. The molecule has 0 bridgehead atoms. The summed E-state index contributed by atoms with van der Waals surface area (Å²) in [6, 6.07) is 15.2. The molecule has 2 heterocycles. The van der Waals surface area contributed by atoms with Gasteiger partial charge in [0.2, 0.25) is 11.8 Å². The molecule has 8 nitrogen and oxygen atoms in total. The van der Waals surface area contributed by atoms with Gasteiger partial charge in [-0.2, -0.15) is 5.26 Å². The Labute approximate surface area is 185 Å². The average molecular weight is 429 g/mol. The van der Waals surface area contributed by atoms with Crippen LogP contribution in [0.15, 0.2) is 53.9 Å². The maximum atomic E-state index is 12.4. The molecule has 1 aliphatic heterocycles. The van der Waals surface area contributed by atoms with Crippen LogP contribution >= 0.6 is 0 Å². The van der Waals surface area contributed by atoms with Crippen LogP contribution in [0.4, 0.5) is 5.69 Å². The Morgan fingerprint density at radius 1 is 1.28 bits per heavy atom. The van der Waals surface area contributed by atoms with E-state index in [9.17, 15) is 10.1 Å². The van der Waals surface area contributed by atoms with Crippen molar-refractivity contribution >= 4 is 11.6 Å². The topological polar surface area (TPSA) is 126 Å². The number of fused-ring (bicyclic) bond motifs is 1. The Hall–Kier alpha value is -4.25. The van der Waals surface area contributed by atoms with Crippen molar-refractivity contribution in [3.05, 3.63) is 81.9 Å². The van der Waals surface area contributed by atoms with Gasteiger partial charge in [-0.05, 0) is 50.1 Å². The van der Waals surface area contributed by atoms with Gasteiger partial charge in [-0.3, -0.25) is 9.89 Å². The van der Waals surface area contributed by atoms with E-state index in [1.807, 2.05) is 51.1 Å². The van der Waals surface area contributed by atoms with Crippen LogP contribution < -0.4 is 20.5 Å². The lowest BCUT2D eigenvalue weighted by Gasteiger charge is -2.24. The number of ether oxygens (including phenoxy) is 2. The predicted molar refractivity (Wildman–Crippen MR) is 119 cm³/mol. The van der Waals surface area contributed by atoms with Gasteiger partial charge in [0.05, 0.1) is 5.92 Å². The van der Waals surface area contributed by atoms with E-state index in [0.717, 1.165) is 33.6 Å². The highest BCUT2D eigenvalue weighted by atomic mass is 16.5. The molecular formula is C24H23N5O3. The quantitative estimate of drug-likeness (QED) is 0.569. The normalized spacial score (nSPS) is 14.9. The van der Waals surface area contributed by atoms with Crippen LogP contribution in [0, 0.1) is 32.1 Å². The van der Waals surface area contributed by atoms with Crippen LogP contribution in [0.3, 0.4) is 0 Å². The molecule has 3 aromatic rings. The SMILES string of the molecule is Cc1ccc(NC(=O)COc2cccc(C3C(C#N)=C(N)Oc4n[nH]c(C)c43)c2)c(C)c1. The number of hydrogen-bond donors (Lipinski definition) is 3. The largest absolute Gasteiger partial charge is 0.484 e. The molecule has 0 aliphatic carbocycles. The first kappa shape index (κ1) is 21.0. The zero-order chi connectivity index (χ0) is 22.8. The number of nitriles is 1. The van der Waals surface area contributed by atoms with Gasteiger partial charge in [-0.15, -0.1) is 5.10 Å². The first-order valence-corrected chi connectivity index (χ1v) is 10.1. The first-order valence-electron chi connectivity index (χ1n) is 10.1. The van der Waals surface area contributed by atoms with Gasteiger partial charge in [0.1, 0.15) is 17.4 Å². The van der Waals surface area contributed by atoms with Gasteiger partial charge in [-0.1, -0.05) is 29.8 Å². The second-order valence-electron chi connectivity index (χ2n) is 7.72. The fourth-order valence-electron chi connectivity index (χ4n) is 3.80. The fraction of sp³-hybridized carbons (Fsp3) is 0.208. The smallest absolute Gasteiger partial charge is 0.262 e. The van der Waals surface area contributed by atoms with Crippen molar-refractivity contribution in [2.45, 2.75) is 26.7 Å². The summed E-state index contributed by atoms with van der Waals surface area (Å²) in [5, 5.41) is 19.6. The summed E-state index contributed by atoms with van der Waals surface area (Å²) in [6.07, 6.45) is 0. The number of nitrogens with two attached hydrogens (primary N) is 1. The number of anilines is 1. The van der Waals surface area contributed by atoms with Crippen molar-refractivity contribution in [3.63, 3.8) is 0 Å². The minimum atomic E-state index is -0.449. The Morgan fingerprint density at radius 3 is 2.84 bits per heavy atom. The van der Waals surface area contributed by atoms with Gasteiger partial charge in [0, 0.05) is 16.9 Å². The number of carbonyl (C=O) groups excluding carboxylic acids is 1. The molecule has 0 saturated carbocycles. The van der Waals surface area contributed by atoms with E-state index < -0.39 is 5.92 Å². The number of nitrogens with zero attached hydrogens (tertiary/aromatic N) is 2. The Morgan fingerprint density at radius 2 is 2.09 bits per heavy atom. The number of nitrogens with one attached hydrogen (secondary N) is 2. The summed E-state index contributed by atoms with van der Waals surface area (Å²) in [5.41, 5.74) is 11.4. The minimum absolute atomic E-state index is 0.0238. The van der Waals surface area contributed by atoms with E-state index in [1.54, 1.807) is 12.1 Å². The van der Waals surface area contributed by atoms with Crippen LogP contribution in [-0.2, 0) is 4.79 Å². The van der Waals surface area contributed by atoms with Crippen LogP contribution in [0.25, 0.3) is 0 Å². The lowest BCUT2D eigenvalue weighted by molar-refractivity contribution is -0.118. The number of aromatic amines is 1. The van der Waals surface area contributed by atoms with Gasteiger partial charge < -0.3 is 20.5 Å². The third-order valence-corrected chi connectivity index (χ3v) is 5.35. The van der Waals surface area contributed by atoms with Gasteiger partial charge in [-0.25, -0.2) is 0 Å². The van der Waals surface area contributed by atoms with Crippen molar-refractivity contribution in [3.8, 4) is 17.7 Å². The highest BCUT2D eigenvalue weighted by molar-refractivity contribution is 5.92. The molecule has 1 amide bonds. The molecule has 0 radical (unpaired) electrons. The van der Waals surface area contributed by atoms with Crippen molar-refractivity contribution in [2.24, 2.45) is 5.73 Å².